The van der Waals surface area contributed by atoms with Crippen molar-refractivity contribution in [3.05, 3.63) is 46.8 Å². The van der Waals surface area contributed by atoms with Crippen molar-refractivity contribution < 1.29 is 9.32 Å². The molecule has 4 rings (SSSR count). The van der Waals surface area contributed by atoms with Gasteiger partial charge in [-0.15, -0.1) is 0 Å². The Morgan fingerprint density at radius 2 is 2.12 bits per heavy atom. The van der Waals surface area contributed by atoms with Crippen molar-refractivity contribution in [1.82, 2.24) is 25.0 Å². The number of fused-ring (bicyclic) bond motifs is 1. The average Bonchev–Trinajstić information content (AvgIpc) is 3.01. The Kier molecular flexibility index (Phi) is 4.14. The predicted octanol–water partition coefficient (Wildman–Crippen LogP) is 2.96. The molecule has 4 heterocycles. The molecule has 0 radical (unpaired) electrons. The lowest BCUT2D eigenvalue weighted by atomic mass is 9.93. The molecule has 0 aliphatic carbocycles. The van der Waals surface area contributed by atoms with Crippen LogP contribution in [0, 0.1) is 20.8 Å². The van der Waals surface area contributed by atoms with E-state index in [9.17, 15) is 4.79 Å². The van der Waals surface area contributed by atoms with Gasteiger partial charge in [0, 0.05) is 36.6 Å². The Labute approximate surface area is 151 Å². The van der Waals surface area contributed by atoms with E-state index in [1.54, 1.807) is 6.20 Å². The lowest BCUT2D eigenvalue weighted by molar-refractivity contribution is 0.0707. The minimum Gasteiger partial charge on any atom is -0.338 e. The van der Waals surface area contributed by atoms with Crippen molar-refractivity contribution in [1.29, 1.82) is 0 Å². The second-order valence-corrected chi connectivity index (χ2v) is 6.88. The maximum atomic E-state index is 13.3. The van der Waals surface area contributed by atoms with Gasteiger partial charge in [0.15, 0.2) is 0 Å². The molecule has 1 atom stereocenters. The maximum absolute atomic E-state index is 13.3. The third-order valence-electron chi connectivity index (χ3n) is 4.90. The molecule has 1 saturated heterocycles. The average molecular weight is 351 g/mol. The van der Waals surface area contributed by atoms with Crippen LogP contribution in [-0.2, 0) is 0 Å². The van der Waals surface area contributed by atoms with Gasteiger partial charge in [-0.3, -0.25) is 4.79 Å². The van der Waals surface area contributed by atoms with Crippen LogP contribution in [0.4, 0.5) is 0 Å². The highest BCUT2D eigenvalue weighted by Gasteiger charge is 2.28. The van der Waals surface area contributed by atoms with Gasteiger partial charge in [0.1, 0.15) is 5.82 Å². The number of aryl methyl sites for hydroxylation is 3. The van der Waals surface area contributed by atoms with Gasteiger partial charge in [-0.2, -0.15) is 0 Å². The van der Waals surface area contributed by atoms with Crippen LogP contribution in [0.15, 0.2) is 22.9 Å². The highest BCUT2D eigenvalue weighted by molar-refractivity contribution is 6.06. The van der Waals surface area contributed by atoms with Crippen LogP contribution in [0.2, 0.25) is 0 Å². The first-order valence-corrected chi connectivity index (χ1v) is 8.85. The van der Waals surface area contributed by atoms with Crippen molar-refractivity contribution in [3.63, 3.8) is 0 Å². The van der Waals surface area contributed by atoms with Crippen molar-refractivity contribution in [2.45, 2.75) is 39.5 Å². The standard InChI is InChI=1S/C19H21N5O2/c1-11-9-15(17-12(2)23-26-18(17)21-11)19(25)24-8-4-5-14(10-24)16-6-7-20-13(3)22-16/h6-7,9,14H,4-5,8,10H2,1-3H3/t14-/m1/s1. The SMILES string of the molecule is Cc1cc(C(=O)N2CCC[C@@H](c3ccnc(C)n3)C2)c2c(C)noc2n1. The van der Waals surface area contributed by atoms with E-state index in [-0.39, 0.29) is 11.8 Å². The van der Waals surface area contributed by atoms with Crippen LogP contribution < -0.4 is 0 Å². The smallest absolute Gasteiger partial charge is 0.258 e. The number of piperidine rings is 1. The van der Waals surface area contributed by atoms with Crippen LogP contribution in [0.25, 0.3) is 11.1 Å². The Balaban J connectivity index is 1.65. The molecule has 0 saturated carbocycles. The molecular weight excluding hydrogens is 330 g/mol. The topological polar surface area (TPSA) is 85.0 Å². The minimum absolute atomic E-state index is 0.00211. The fraction of sp³-hybridized carbons (Fsp3) is 0.421. The summed E-state index contributed by atoms with van der Waals surface area (Å²) in [5.41, 5.74) is 3.48. The fourth-order valence-corrected chi connectivity index (χ4v) is 3.66. The molecule has 1 aliphatic rings. The molecule has 0 aromatic carbocycles. The number of rotatable bonds is 2. The van der Waals surface area contributed by atoms with E-state index in [0.29, 0.717) is 28.9 Å². The number of nitrogens with zero attached hydrogens (tertiary/aromatic N) is 5. The lowest BCUT2D eigenvalue weighted by Gasteiger charge is -2.32. The predicted molar refractivity (Wildman–Crippen MR) is 95.9 cm³/mol. The Morgan fingerprint density at radius 3 is 2.92 bits per heavy atom. The molecule has 3 aromatic rings. The first kappa shape index (κ1) is 16.6. The zero-order chi connectivity index (χ0) is 18.3. The molecule has 3 aromatic heterocycles. The number of likely N-dealkylation sites (tertiary alicyclic amines) is 1. The highest BCUT2D eigenvalue weighted by Crippen LogP contribution is 2.29. The molecule has 26 heavy (non-hydrogen) atoms. The number of carbonyl (C=O) groups is 1. The lowest BCUT2D eigenvalue weighted by Crippen LogP contribution is -2.39. The van der Waals surface area contributed by atoms with Gasteiger partial charge in [-0.05, 0) is 45.7 Å². The third kappa shape index (κ3) is 2.94. The molecule has 134 valence electrons. The highest BCUT2D eigenvalue weighted by atomic mass is 16.5. The van der Waals surface area contributed by atoms with E-state index < -0.39 is 0 Å². The second-order valence-electron chi connectivity index (χ2n) is 6.88. The molecule has 0 bridgehead atoms. The third-order valence-corrected chi connectivity index (χ3v) is 4.90. The molecule has 1 aliphatic heterocycles. The van der Waals surface area contributed by atoms with E-state index in [1.165, 1.54) is 0 Å². The molecule has 1 amide bonds. The zero-order valence-electron chi connectivity index (χ0n) is 15.2. The first-order valence-electron chi connectivity index (χ1n) is 8.85. The van der Waals surface area contributed by atoms with Crippen molar-refractivity contribution in [3.8, 4) is 0 Å². The molecule has 0 N–H and O–H groups in total. The largest absolute Gasteiger partial charge is 0.338 e. The molecule has 7 nitrogen and oxygen atoms in total. The number of hydrogen-bond donors (Lipinski definition) is 0. The van der Waals surface area contributed by atoms with Crippen LogP contribution in [0.1, 0.15) is 52.0 Å². The normalized spacial score (nSPS) is 17.7. The van der Waals surface area contributed by atoms with E-state index in [1.807, 2.05) is 37.8 Å². The number of amides is 1. The summed E-state index contributed by atoms with van der Waals surface area (Å²) in [6.07, 6.45) is 3.77. The van der Waals surface area contributed by atoms with E-state index in [2.05, 4.69) is 20.1 Å². The monoisotopic (exact) mass is 351 g/mol. The molecule has 0 spiro atoms. The summed E-state index contributed by atoms with van der Waals surface area (Å²) < 4.78 is 5.26. The van der Waals surface area contributed by atoms with E-state index in [4.69, 9.17) is 4.52 Å². The summed E-state index contributed by atoms with van der Waals surface area (Å²) >= 11 is 0. The maximum Gasteiger partial charge on any atom is 0.258 e. The fourth-order valence-electron chi connectivity index (χ4n) is 3.66. The van der Waals surface area contributed by atoms with Gasteiger partial charge in [0.05, 0.1) is 16.6 Å². The van der Waals surface area contributed by atoms with Crippen LogP contribution in [0.5, 0.6) is 0 Å². The number of carbonyl (C=O) groups excluding carboxylic acids is 1. The summed E-state index contributed by atoms with van der Waals surface area (Å²) in [5, 5.41) is 4.68. The summed E-state index contributed by atoms with van der Waals surface area (Å²) in [7, 11) is 0. The van der Waals surface area contributed by atoms with E-state index >= 15 is 0 Å². The zero-order valence-corrected chi connectivity index (χ0v) is 15.2. The second kappa shape index (κ2) is 6.48. The van der Waals surface area contributed by atoms with Crippen LogP contribution in [0.3, 0.4) is 0 Å². The van der Waals surface area contributed by atoms with Gasteiger partial charge in [0.25, 0.3) is 11.6 Å². The van der Waals surface area contributed by atoms with E-state index in [0.717, 1.165) is 36.6 Å². The van der Waals surface area contributed by atoms with Crippen molar-refractivity contribution in [2.24, 2.45) is 0 Å². The van der Waals surface area contributed by atoms with Crippen LogP contribution in [-0.4, -0.2) is 44.0 Å². The first-order chi connectivity index (χ1) is 12.5. The van der Waals surface area contributed by atoms with Gasteiger partial charge in [-0.1, -0.05) is 5.16 Å². The summed E-state index contributed by atoms with van der Waals surface area (Å²) in [4.78, 5) is 28.2. The summed E-state index contributed by atoms with van der Waals surface area (Å²) in [6, 6.07) is 3.78. The Hall–Kier alpha value is -2.83. The molecule has 1 fully saturated rings. The Bertz CT molecular complexity index is 981. The molecular formula is C19H21N5O2. The van der Waals surface area contributed by atoms with Gasteiger partial charge < -0.3 is 9.42 Å². The van der Waals surface area contributed by atoms with Crippen molar-refractivity contribution in [2.75, 3.05) is 13.1 Å². The minimum atomic E-state index is 0.00211. The van der Waals surface area contributed by atoms with Gasteiger partial charge in [-0.25, -0.2) is 15.0 Å². The quantitative estimate of drug-likeness (QED) is 0.706. The molecule has 7 heteroatoms. The number of aromatic nitrogens is 4. The van der Waals surface area contributed by atoms with Gasteiger partial charge >= 0.3 is 0 Å². The Morgan fingerprint density at radius 1 is 1.27 bits per heavy atom. The van der Waals surface area contributed by atoms with Crippen molar-refractivity contribution >= 4 is 17.0 Å². The van der Waals surface area contributed by atoms with Crippen LogP contribution >= 0.6 is 0 Å². The summed E-state index contributed by atoms with van der Waals surface area (Å²) in [5.74, 6) is 0.996. The number of hydrogen-bond acceptors (Lipinski definition) is 6. The van der Waals surface area contributed by atoms with Gasteiger partial charge in [0.2, 0.25) is 0 Å². The molecule has 0 unspecified atom stereocenters. The summed E-state index contributed by atoms with van der Waals surface area (Å²) in [6.45, 7) is 6.98. The number of pyridine rings is 1.